The number of halogens is 3. The normalized spacial score (nSPS) is 28.9. The molecule has 34 heavy (non-hydrogen) atoms. The van der Waals surface area contributed by atoms with Crippen LogP contribution in [-0.2, 0) is 14.6 Å². The number of sulfone groups is 1. The molecule has 1 N–H and O–H groups in total. The minimum absolute atomic E-state index is 0.0251. The van der Waals surface area contributed by atoms with E-state index in [-0.39, 0.29) is 41.4 Å². The van der Waals surface area contributed by atoms with Crippen molar-refractivity contribution < 1.29 is 31.1 Å². The molecule has 0 spiro atoms. The third kappa shape index (κ3) is 5.14. The summed E-state index contributed by atoms with van der Waals surface area (Å²) < 4.78 is 70.7. The lowest BCUT2D eigenvalue weighted by molar-refractivity contribution is -0.146. The first-order valence-corrected chi connectivity index (χ1v) is 13.6. The minimum atomic E-state index is -3.54. The van der Waals surface area contributed by atoms with Gasteiger partial charge in [0.2, 0.25) is 5.91 Å². The summed E-state index contributed by atoms with van der Waals surface area (Å²) in [7, 11) is -3.54. The number of amides is 1. The van der Waals surface area contributed by atoms with Crippen molar-refractivity contribution in [2.24, 2.45) is 10.8 Å². The molecule has 0 aliphatic heterocycles. The van der Waals surface area contributed by atoms with E-state index in [9.17, 15) is 26.4 Å². The van der Waals surface area contributed by atoms with E-state index in [1.54, 1.807) is 12.1 Å². The standard InChI is InChI=1S/C25H32F3NO4S/c1-2-18(15-26)16-33-20-3-5-21(6-4-20)34(31,32)17-23-7-10-24(11-8-23,12-9-23)22(30)29-19-13-25(27,28)14-19/h3-6,15,19H,2,7-14,16-17H2,1H3,(H,29,30)/b18-15+. The summed E-state index contributed by atoms with van der Waals surface area (Å²) in [5, 5.41) is 2.80. The molecule has 5 nitrogen and oxygen atoms in total. The molecule has 0 saturated heterocycles. The van der Waals surface area contributed by atoms with Gasteiger partial charge in [-0.1, -0.05) is 6.92 Å². The van der Waals surface area contributed by atoms with Crippen LogP contribution in [0.15, 0.2) is 41.1 Å². The van der Waals surface area contributed by atoms with Crippen LogP contribution < -0.4 is 10.1 Å². The molecule has 1 aromatic rings. The molecule has 0 atom stereocenters. The number of rotatable bonds is 9. The monoisotopic (exact) mass is 499 g/mol. The van der Waals surface area contributed by atoms with Gasteiger partial charge in [-0.05, 0) is 80.2 Å². The lowest BCUT2D eigenvalue weighted by Gasteiger charge is -2.53. The van der Waals surface area contributed by atoms with E-state index >= 15 is 0 Å². The zero-order valence-electron chi connectivity index (χ0n) is 19.4. The third-order valence-corrected chi connectivity index (χ3v) is 10.0. The summed E-state index contributed by atoms with van der Waals surface area (Å²) in [6.45, 7) is 1.94. The van der Waals surface area contributed by atoms with Gasteiger partial charge < -0.3 is 10.1 Å². The molecule has 1 amide bonds. The predicted molar refractivity (Wildman–Crippen MR) is 122 cm³/mol. The van der Waals surface area contributed by atoms with Crippen molar-refractivity contribution in [3.63, 3.8) is 0 Å². The number of carbonyl (C=O) groups is 1. The maximum Gasteiger partial charge on any atom is 0.252 e. The molecule has 2 bridgehead atoms. The number of hydrogen-bond acceptors (Lipinski definition) is 4. The van der Waals surface area contributed by atoms with Crippen LogP contribution in [0.1, 0.15) is 64.7 Å². The van der Waals surface area contributed by atoms with Crippen LogP contribution in [0.3, 0.4) is 0 Å². The molecule has 0 unspecified atom stereocenters. The van der Waals surface area contributed by atoms with Gasteiger partial charge in [0.05, 0.1) is 17.0 Å². The lowest BCUT2D eigenvalue weighted by atomic mass is 9.54. The molecule has 9 heteroatoms. The Bertz CT molecular complexity index is 1020. The molecule has 1 aromatic carbocycles. The van der Waals surface area contributed by atoms with Crippen molar-refractivity contribution in [3.05, 3.63) is 36.2 Å². The first-order chi connectivity index (χ1) is 16.0. The Morgan fingerprint density at radius 1 is 1.09 bits per heavy atom. The Balaban J connectivity index is 1.34. The zero-order valence-corrected chi connectivity index (χ0v) is 20.2. The highest BCUT2D eigenvalue weighted by molar-refractivity contribution is 7.91. The molecule has 4 aliphatic carbocycles. The molecule has 4 aliphatic rings. The Labute approximate surface area is 199 Å². The Hall–Kier alpha value is -2.03. The molecule has 0 heterocycles. The Kier molecular flexibility index (Phi) is 6.79. The van der Waals surface area contributed by atoms with Gasteiger partial charge in [-0.3, -0.25) is 4.79 Å². The summed E-state index contributed by atoms with van der Waals surface area (Å²) >= 11 is 0. The summed E-state index contributed by atoms with van der Waals surface area (Å²) in [6.07, 6.45) is 4.14. The number of carbonyl (C=O) groups excluding carboxylic acids is 1. The molecule has 4 fully saturated rings. The maximum atomic E-state index is 13.2. The molecular weight excluding hydrogens is 467 g/mol. The van der Waals surface area contributed by atoms with E-state index in [1.807, 2.05) is 6.92 Å². The van der Waals surface area contributed by atoms with Gasteiger partial charge in [0.1, 0.15) is 12.4 Å². The van der Waals surface area contributed by atoms with E-state index in [1.165, 1.54) is 12.1 Å². The number of benzene rings is 1. The summed E-state index contributed by atoms with van der Waals surface area (Å²) in [5.41, 5.74) is -0.400. The number of nitrogens with one attached hydrogen (secondary N) is 1. The van der Waals surface area contributed by atoms with Gasteiger partial charge in [0.15, 0.2) is 9.84 Å². The predicted octanol–water partition coefficient (Wildman–Crippen LogP) is 5.36. The van der Waals surface area contributed by atoms with Gasteiger partial charge in [0, 0.05) is 24.3 Å². The third-order valence-electron chi connectivity index (χ3n) is 8.02. The molecule has 4 saturated carbocycles. The van der Waals surface area contributed by atoms with Crippen molar-refractivity contribution in [2.45, 2.75) is 81.6 Å². The van der Waals surface area contributed by atoms with Crippen molar-refractivity contribution in [1.29, 1.82) is 0 Å². The second-order valence-electron chi connectivity index (χ2n) is 10.4. The number of hydrogen-bond donors (Lipinski definition) is 1. The highest BCUT2D eigenvalue weighted by Crippen LogP contribution is 2.58. The SMILES string of the molecule is CC/C(=C\F)COc1ccc(S(=O)(=O)CC23CCC(C(=O)NC4CC(F)(F)C4)(CC2)CC3)cc1. The van der Waals surface area contributed by atoms with Crippen LogP contribution in [0.5, 0.6) is 5.75 Å². The van der Waals surface area contributed by atoms with Crippen LogP contribution in [0.4, 0.5) is 13.2 Å². The molecule has 0 radical (unpaired) electrons. The van der Waals surface area contributed by atoms with Gasteiger partial charge >= 0.3 is 0 Å². The van der Waals surface area contributed by atoms with Crippen LogP contribution in [0.2, 0.25) is 0 Å². The fourth-order valence-electron chi connectivity index (χ4n) is 5.54. The molecule has 188 valence electrons. The fraction of sp³-hybridized carbons (Fsp3) is 0.640. The highest BCUT2D eigenvalue weighted by atomic mass is 32.2. The molecular formula is C25H32F3NO4S. The van der Waals surface area contributed by atoms with E-state index in [0.29, 0.717) is 62.6 Å². The average molecular weight is 500 g/mol. The average Bonchev–Trinajstić information content (AvgIpc) is 2.79. The second kappa shape index (κ2) is 9.21. The van der Waals surface area contributed by atoms with Gasteiger partial charge in [-0.2, -0.15) is 0 Å². The molecule has 5 rings (SSSR count). The summed E-state index contributed by atoms with van der Waals surface area (Å²) in [4.78, 5) is 13.1. The van der Waals surface area contributed by atoms with Crippen LogP contribution in [0.25, 0.3) is 0 Å². The van der Waals surface area contributed by atoms with E-state index in [2.05, 4.69) is 5.32 Å². The first-order valence-electron chi connectivity index (χ1n) is 11.9. The van der Waals surface area contributed by atoms with Crippen LogP contribution in [0, 0.1) is 10.8 Å². The first kappa shape index (κ1) is 25.1. The number of ether oxygens (including phenoxy) is 1. The largest absolute Gasteiger partial charge is 0.489 e. The fourth-order valence-corrected chi connectivity index (χ4v) is 7.50. The minimum Gasteiger partial charge on any atom is -0.489 e. The Morgan fingerprint density at radius 2 is 1.68 bits per heavy atom. The van der Waals surface area contributed by atoms with Crippen molar-refractivity contribution in [3.8, 4) is 5.75 Å². The van der Waals surface area contributed by atoms with E-state index in [4.69, 9.17) is 4.74 Å². The van der Waals surface area contributed by atoms with E-state index < -0.39 is 27.2 Å². The smallest absolute Gasteiger partial charge is 0.252 e. The quantitative estimate of drug-likeness (QED) is 0.497. The van der Waals surface area contributed by atoms with Crippen molar-refractivity contribution in [1.82, 2.24) is 5.32 Å². The second-order valence-corrected chi connectivity index (χ2v) is 12.3. The lowest BCUT2D eigenvalue weighted by Crippen LogP contribution is -2.57. The Morgan fingerprint density at radius 3 is 2.18 bits per heavy atom. The number of fused-ring (bicyclic) bond motifs is 3. The number of alkyl halides is 2. The van der Waals surface area contributed by atoms with E-state index in [0.717, 1.165) is 0 Å². The zero-order chi connectivity index (χ0) is 24.6. The van der Waals surface area contributed by atoms with Crippen LogP contribution in [-0.4, -0.2) is 38.6 Å². The summed E-state index contributed by atoms with van der Waals surface area (Å²) in [5.74, 6) is -2.32. The van der Waals surface area contributed by atoms with Crippen LogP contribution >= 0.6 is 0 Å². The van der Waals surface area contributed by atoms with Gasteiger partial charge in [-0.25, -0.2) is 21.6 Å². The van der Waals surface area contributed by atoms with Gasteiger partial charge in [0.25, 0.3) is 5.92 Å². The maximum absolute atomic E-state index is 13.2. The van der Waals surface area contributed by atoms with Gasteiger partial charge in [-0.15, -0.1) is 0 Å². The molecule has 0 aromatic heterocycles. The van der Waals surface area contributed by atoms with Crippen molar-refractivity contribution >= 4 is 15.7 Å². The van der Waals surface area contributed by atoms with Crippen molar-refractivity contribution in [2.75, 3.05) is 12.4 Å². The highest BCUT2D eigenvalue weighted by Gasteiger charge is 2.55. The topological polar surface area (TPSA) is 72.5 Å². The summed E-state index contributed by atoms with van der Waals surface area (Å²) in [6, 6.07) is 5.74.